The molecule has 1 atom stereocenters. The first kappa shape index (κ1) is 15.3. The van der Waals surface area contributed by atoms with Gasteiger partial charge in [0.25, 0.3) is 0 Å². The molecular weight excluding hydrogens is 261 g/mol. The maximum absolute atomic E-state index is 12.5. The van der Waals surface area contributed by atoms with Gasteiger partial charge in [-0.2, -0.15) is 13.2 Å². The summed E-state index contributed by atoms with van der Waals surface area (Å²) in [5, 5.41) is 2.70. The van der Waals surface area contributed by atoms with Gasteiger partial charge in [-0.1, -0.05) is 30.3 Å². The van der Waals surface area contributed by atoms with Gasteiger partial charge >= 0.3 is 12.3 Å². The lowest BCUT2D eigenvalue weighted by molar-refractivity contribution is -0.140. The molecule has 1 unspecified atom stereocenters. The van der Waals surface area contributed by atoms with Crippen LogP contribution in [0.2, 0.25) is 0 Å². The number of hydrogen-bond donors (Lipinski definition) is 2. The van der Waals surface area contributed by atoms with Crippen molar-refractivity contribution in [3.8, 4) is 0 Å². The molecule has 0 aromatic heterocycles. The average molecular weight is 276 g/mol. The van der Waals surface area contributed by atoms with Crippen LogP contribution in [-0.4, -0.2) is 25.4 Å². The summed E-state index contributed by atoms with van der Waals surface area (Å²) in [5.41, 5.74) is 5.28. The van der Waals surface area contributed by atoms with E-state index in [2.05, 4.69) is 10.1 Å². The molecule has 0 bridgehead atoms. The molecule has 7 heteroatoms. The molecule has 0 heterocycles. The highest BCUT2D eigenvalue weighted by Crippen LogP contribution is 2.29. The molecule has 0 saturated carbocycles. The van der Waals surface area contributed by atoms with Gasteiger partial charge in [0, 0.05) is 12.6 Å². The Morgan fingerprint density at radius 1 is 1.32 bits per heavy atom. The number of nitrogens with two attached hydrogens (primary N) is 1. The molecule has 1 rings (SSSR count). The van der Waals surface area contributed by atoms with Crippen molar-refractivity contribution in [2.75, 3.05) is 13.2 Å². The topological polar surface area (TPSA) is 64.4 Å². The lowest BCUT2D eigenvalue weighted by Gasteiger charge is -2.20. The summed E-state index contributed by atoms with van der Waals surface area (Å²) < 4.78 is 41.9. The highest BCUT2D eigenvalue weighted by atomic mass is 19.4. The molecule has 19 heavy (non-hydrogen) atoms. The standard InChI is InChI=1S/C12H15F3N2O2/c13-12(14,15)8-10(9-4-2-1-3-5-9)17-6-7-19-11(16)18/h1-5,10,17H,6-8H2,(H2,16,18). The van der Waals surface area contributed by atoms with E-state index in [1.807, 2.05) is 0 Å². The number of halogens is 3. The van der Waals surface area contributed by atoms with Crippen LogP contribution < -0.4 is 11.1 Å². The number of primary amides is 1. The van der Waals surface area contributed by atoms with E-state index in [9.17, 15) is 18.0 Å². The van der Waals surface area contributed by atoms with Gasteiger partial charge in [-0.3, -0.25) is 0 Å². The third-order valence-corrected chi connectivity index (χ3v) is 2.37. The fourth-order valence-electron chi connectivity index (χ4n) is 1.61. The molecule has 0 saturated heterocycles. The largest absolute Gasteiger partial charge is 0.448 e. The Morgan fingerprint density at radius 3 is 2.47 bits per heavy atom. The molecular formula is C12H15F3N2O2. The van der Waals surface area contributed by atoms with Gasteiger partial charge in [0.05, 0.1) is 6.42 Å². The first-order chi connectivity index (χ1) is 8.88. The summed E-state index contributed by atoms with van der Waals surface area (Å²) in [6, 6.07) is 7.40. The van der Waals surface area contributed by atoms with Crippen LogP contribution in [0.15, 0.2) is 30.3 Å². The highest BCUT2D eigenvalue weighted by Gasteiger charge is 2.32. The van der Waals surface area contributed by atoms with Crippen molar-refractivity contribution < 1.29 is 22.7 Å². The zero-order chi connectivity index (χ0) is 14.3. The number of nitrogens with one attached hydrogen (secondary N) is 1. The summed E-state index contributed by atoms with van der Waals surface area (Å²) in [4.78, 5) is 10.3. The molecule has 1 aromatic rings. The molecule has 4 nitrogen and oxygen atoms in total. The molecule has 1 amide bonds. The first-order valence-corrected chi connectivity index (χ1v) is 5.66. The van der Waals surface area contributed by atoms with E-state index in [0.29, 0.717) is 5.56 Å². The van der Waals surface area contributed by atoms with Gasteiger partial charge in [-0.05, 0) is 5.56 Å². The summed E-state index contributed by atoms with van der Waals surface area (Å²) in [6.45, 7) is 0.0229. The number of amides is 1. The molecule has 0 radical (unpaired) electrons. The van der Waals surface area contributed by atoms with E-state index in [1.54, 1.807) is 30.3 Å². The van der Waals surface area contributed by atoms with Gasteiger partial charge in [-0.25, -0.2) is 4.79 Å². The smallest absolute Gasteiger partial charge is 0.404 e. The van der Waals surface area contributed by atoms with Crippen molar-refractivity contribution in [3.63, 3.8) is 0 Å². The Labute approximate surface area is 108 Å². The van der Waals surface area contributed by atoms with Gasteiger partial charge in [0.1, 0.15) is 6.61 Å². The summed E-state index contributed by atoms with van der Waals surface area (Å²) in [6.07, 6.45) is -6.22. The SMILES string of the molecule is NC(=O)OCCNC(CC(F)(F)F)c1ccccc1. The highest BCUT2D eigenvalue weighted by molar-refractivity contribution is 5.64. The van der Waals surface area contributed by atoms with Crippen LogP contribution in [-0.2, 0) is 4.74 Å². The van der Waals surface area contributed by atoms with Crippen LogP contribution in [0.4, 0.5) is 18.0 Å². The van der Waals surface area contributed by atoms with E-state index < -0.39 is 24.7 Å². The van der Waals surface area contributed by atoms with Gasteiger partial charge in [0.15, 0.2) is 0 Å². The molecule has 1 aromatic carbocycles. The van der Waals surface area contributed by atoms with Crippen molar-refractivity contribution >= 4 is 6.09 Å². The Bertz CT molecular complexity index is 396. The number of ether oxygens (including phenoxy) is 1. The molecule has 0 spiro atoms. The van der Waals surface area contributed by atoms with Crippen LogP contribution in [0, 0.1) is 0 Å². The van der Waals surface area contributed by atoms with Crippen LogP contribution in [0.3, 0.4) is 0 Å². The van der Waals surface area contributed by atoms with Crippen molar-refractivity contribution in [1.29, 1.82) is 0 Å². The predicted molar refractivity (Wildman–Crippen MR) is 63.4 cm³/mol. The number of rotatable bonds is 6. The normalized spacial score (nSPS) is 13.0. The average Bonchev–Trinajstić information content (AvgIpc) is 2.32. The zero-order valence-electron chi connectivity index (χ0n) is 10.1. The van der Waals surface area contributed by atoms with E-state index in [0.717, 1.165) is 0 Å². The number of benzene rings is 1. The third-order valence-electron chi connectivity index (χ3n) is 2.37. The van der Waals surface area contributed by atoms with Gasteiger partial charge < -0.3 is 15.8 Å². The molecule has 0 fully saturated rings. The predicted octanol–water partition coefficient (Wildman–Crippen LogP) is 2.37. The minimum absolute atomic E-state index is 0.0729. The van der Waals surface area contributed by atoms with Crippen LogP contribution in [0.5, 0.6) is 0 Å². The molecule has 0 aliphatic carbocycles. The van der Waals surface area contributed by atoms with Crippen LogP contribution in [0.25, 0.3) is 0 Å². The Kier molecular flexibility index (Phi) is 5.62. The monoisotopic (exact) mass is 276 g/mol. The summed E-state index contributed by atoms with van der Waals surface area (Å²) in [5.74, 6) is 0. The second kappa shape index (κ2) is 6.98. The fourth-order valence-corrected chi connectivity index (χ4v) is 1.61. The van der Waals surface area contributed by atoms with E-state index in [1.165, 1.54) is 0 Å². The molecule has 0 aliphatic rings. The molecule has 106 valence electrons. The number of hydrogen-bond acceptors (Lipinski definition) is 3. The van der Waals surface area contributed by atoms with Crippen molar-refractivity contribution in [3.05, 3.63) is 35.9 Å². The number of alkyl halides is 3. The third kappa shape index (κ3) is 6.66. The maximum Gasteiger partial charge on any atom is 0.404 e. The number of carbonyl (C=O) groups excluding carboxylic acids is 1. The van der Waals surface area contributed by atoms with Crippen LogP contribution >= 0.6 is 0 Å². The van der Waals surface area contributed by atoms with Crippen molar-refractivity contribution in [1.82, 2.24) is 5.32 Å². The lowest BCUT2D eigenvalue weighted by Crippen LogP contribution is -2.30. The van der Waals surface area contributed by atoms with E-state index in [-0.39, 0.29) is 13.2 Å². The zero-order valence-corrected chi connectivity index (χ0v) is 10.1. The Morgan fingerprint density at radius 2 is 1.95 bits per heavy atom. The second-order valence-corrected chi connectivity index (χ2v) is 3.90. The maximum atomic E-state index is 12.5. The van der Waals surface area contributed by atoms with Crippen LogP contribution in [0.1, 0.15) is 18.0 Å². The minimum atomic E-state index is -4.28. The first-order valence-electron chi connectivity index (χ1n) is 5.66. The quantitative estimate of drug-likeness (QED) is 0.784. The lowest BCUT2D eigenvalue weighted by atomic mass is 10.0. The summed E-state index contributed by atoms with van der Waals surface area (Å²) >= 11 is 0. The fraction of sp³-hybridized carbons (Fsp3) is 0.417. The Balaban J connectivity index is 2.58. The van der Waals surface area contributed by atoms with Crippen molar-refractivity contribution in [2.24, 2.45) is 5.73 Å². The summed E-state index contributed by atoms with van der Waals surface area (Å²) in [7, 11) is 0. The minimum Gasteiger partial charge on any atom is -0.448 e. The van der Waals surface area contributed by atoms with E-state index in [4.69, 9.17) is 5.73 Å². The number of carbonyl (C=O) groups is 1. The Hall–Kier alpha value is -1.76. The van der Waals surface area contributed by atoms with Gasteiger partial charge in [0.2, 0.25) is 0 Å². The molecule has 3 N–H and O–H groups in total. The molecule has 0 aliphatic heterocycles. The van der Waals surface area contributed by atoms with E-state index >= 15 is 0 Å². The second-order valence-electron chi connectivity index (χ2n) is 3.90. The van der Waals surface area contributed by atoms with Gasteiger partial charge in [-0.15, -0.1) is 0 Å². The van der Waals surface area contributed by atoms with Crippen molar-refractivity contribution in [2.45, 2.75) is 18.6 Å².